The lowest BCUT2D eigenvalue weighted by atomic mass is 10.0. The molecule has 3 rings (SSSR count). The van der Waals surface area contributed by atoms with Crippen molar-refractivity contribution in [1.29, 1.82) is 0 Å². The van der Waals surface area contributed by atoms with Crippen LogP contribution in [0.1, 0.15) is 37.3 Å². The topological polar surface area (TPSA) is 50.7 Å². The van der Waals surface area contributed by atoms with Gasteiger partial charge < -0.3 is 10.2 Å². The van der Waals surface area contributed by atoms with E-state index >= 15 is 0 Å². The maximum absolute atomic E-state index is 12.3. The van der Waals surface area contributed by atoms with E-state index in [9.17, 15) is 4.79 Å². The van der Waals surface area contributed by atoms with Gasteiger partial charge in [0.15, 0.2) is 0 Å². The number of benzene rings is 2. The number of nitrogens with one attached hydrogen (secondary N) is 1. The first-order valence-electron chi connectivity index (χ1n) is 7.82. The molecule has 0 fully saturated rings. The fourth-order valence-corrected chi connectivity index (χ4v) is 2.56. The third-order valence-electron chi connectivity index (χ3n) is 4.00. The average Bonchev–Trinajstić information content (AvgIpc) is 3.02. The van der Waals surface area contributed by atoms with Crippen molar-refractivity contribution in [2.45, 2.75) is 32.3 Å². The van der Waals surface area contributed by atoms with Crippen LogP contribution in [0.2, 0.25) is 0 Å². The molecule has 0 aliphatic carbocycles. The van der Waals surface area contributed by atoms with E-state index in [1.807, 2.05) is 68.4 Å². The molecule has 2 atom stereocenters. The Bertz CT molecular complexity index is 708. The first-order valence-corrected chi connectivity index (χ1v) is 7.82. The zero-order valence-corrected chi connectivity index (χ0v) is 13.3. The van der Waals surface area contributed by atoms with Crippen molar-refractivity contribution in [2.75, 3.05) is 5.32 Å². The highest BCUT2D eigenvalue weighted by Gasteiger charge is 2.18. The lowest BCUT2D eigenvalue weighted by molar-refractivity contribution is -0.117. The minimum Gasteiger partial charge on any atom is -0.392 e. The predicted octanol–water partition coefficient (Wildman–Crippen LogP) is 3.94. The van der Waals surface area contributed by atoms with Crippen LogP contribution < -0.4 is 5.32 Å². The quantitative estimate of drug-likeness (QED) is 0.930. The van der Waals surface area contributed by atoms with E-state index in [-0.39, 0.29) is 17.9 Å². The first-order chi connectivity index (χ1) is 11.1. The molecule has 0 aromatic heterocycles. The van der Waals surface area contributed by atoms with Crippen molar-refractivity contribution in [3.8, 4) is 0 Å². The number of oxime groups is 1. The van der Waals surface area contributed by atoms with Crippen LogP contribution in [0.4, 0.5) is 5.69 Å². The summed E-state index contributed by atoms with van der Waals surface area (Å²) in [5, 5.41) is 7.03. The molecule has 0 spiro atoms. The molecule has 0 saturated carbocycles. The number of hydrogen-bond acceptors (Lipinski definition) is 3. The molecule has 1 heterocycles. The van der Waals surface area contributed by atoms with Crippen LogP contribution in [0.5, 0.6) is 0 Å². The molecule has 23 heavy (non-hydrogen) atoms. The number of anilines is 1. The van der Waals surface area contributed by atoms with Crippen LogP contribution in [0.15, 0.2) is 59.8 Å². The Hall–Kier alpha value is -2.62. The number of rotatable bonds is 4. The van der Waals surface area contributed by atoms with Crippen molar-refractivity contribution < 1.29 is 9.63 Å². The summed E-state index contributed by atoms with van der Waals surface area (Å²) in [7, 11) is 0. The highest BCUT2D eigenvalue weighted by molar-refractivity contribution is 6.02. The summed E-state index contributed by atoms with van der Waals surface area (Å²) in [5.41, 5.74) is 3.78. The minimum atomic E-state index is -0.190. The van der Waals surface area contributed by atoms with Gasteiger partial charge in [0.05, 0.1) is 11.6 Å². The Kier molecular flexibility index (Phi) is 4.42. The highest BCUT2D eigenvalue weighted by Crippen LogP contribution is 2.20. The van der Waals surface area contributed by atoms with Gasteiger partial charge in [-0.3, -0.25) is 4.79 Å². The van der Waals surface area contributed by atoms with Crippen LogP contribution >= 0.6 is 0 Å². The summed E-state index contributed by atoms with van der Waals surface area (Å²) in [6.07, 6.45) is 0.951. The van der Waals surface area contributed by atoms with Gasteiger partial charge in [-0.1, -0.05) is 47.6 Å². The van der Waals surface area contributed by atoms with E-state index in [0.29, 0.717) is 0 Å². The molecule has 4 heteroatoms. The van der Waals surface area contributed by atoms with E-state index in [2.05, 4.69) is 10.5 Å². The summed E-state index contributed by atoms with van der Waals surface area (Å²) >= 11 is 0. The van der Waals surface area contributed by atoms with Gasteiger partial charge in [0.25, 0.3) is 0 Å². The number of carbonyl (C=O) groups excluding carboxylic acids is 1. The van der Waals surface area contributed by atoms with Gasteiger partial charge in [-0.05, 0) is 37.1 Å². The molecule has 0 bridgehead atoms. The molecule has 1 aliphatic rings. The van der Waals surface area contributed by atoms with Crippen LogP contribution in [-0.2, 0) is 9.63 Å². The van der Waals surface area contributed by atoms with Crippen molar-refractivity contribution in [2.24, 2.45) is 5.16 Å². The number of carbonyl (C=O) groups is 1. The Balaban J connectivity index is 1.65. The summed E-state index contributed by atoms with van der Waals surface area (Å²) in [5.74, 6) is -0.205. The van der Waals surface area contributed by atoms with Gasteiger partial charge in [-0.2, -0.15) is 0 Å². The second kappa shape index (κ2) is 6.65. The summed E-state index contributed by atoms with van der Waals surface area (Å²) < 4.78 is 0. The molecule has 2 aromatic carbocycles. The molecule has 2 unspecified atom stereocenters. The van der Waals surface area contributed by atoms with Crippen LogP contribution in [-0.4, -0.2) is 17.7 Å². The second-order valence-corrected chi connectivity index (χ2v) is 5.86. The minimum absolute atomic E-state index is 0.0147. The zero-order chi connectivity index (χ0) is 16.2. The van der Waals surface area contributed by atoms with E-state index in [1.165, 1.54) is 0 Å². The number of amides is 1. The third kappa shape index (κ3) is 3.59. The van der Waals surface area contributed by atoms with Gasteiger partial charge in [-0.15, -0.1) is 0 Å². The molecule has 1 N–H and O–H groups in total. The smallest absolute Gasteiger partial charge is 0.231 e. The van der Waals surface area contributed by atoms with Gasteiger partial charge in [0.1, 0.15) is 6.10 Å². The van der Waals surface area contributed by atoms with Crippen molar-refractivity contribution in [3.05, 3.63) is 65.7 Å². The largest absolute Gasteiger partial charge is 0.392 e. The van der Waals surface area contributed by atoms with Gasteiger partial charge in [0.2, 0.25) is 5.91 Å². The van der Waals surface area contributed by atoms with E-state index < -0.39 is 0 Å². The van der Waals surface area contributed by atoms with Crippen LogP contribution in [0.25, 0.3) is 0 Å². The number of hydrogen-bond donors (Lipinski definition) is 1. The van der Waals surface area contributed by atoms with Crippen LogP contribution in [0.3, 0.4) is 0 Å². The first kappa shape index (κ1) is 15.3. The van der Waals surface area contributed by atoms with Gasteiger partial charge >= 0.3 is 0 Å². The van der Waals surface area contributed by atoms with Gasteiger partial charge in [0, 0.05) is 12.1 Å². The summed E-state index contributed by atoms with van der Waals surface area (Å²) in [6, 6.07) is 17.5. The predicted molar refractivity (Wildman–Crippen MR) is 91.6 cm³/mol. The fourth-order valence-electron chi connectivity index (χ4n) is 2.56. The van der Waals surface area contributed by atoms with E-state index in [0.717, 1.165) is 28.9 Å². The Labute approximate surface area is 136 Å². The maximum atomic E-state index is 12.3. The molecule has 2 aromatic rings. The average molecular weight is 308 g/mol. The van der Waals surface area contributed by atoms with E-state index in [1.54, 1.807) is 0 Å². The van der Waals surface area contributed by atoms with Crippen molar-refractivity contribution in [1.82, 2.24) is 0 Å². The standard InChI is InChI=1S/C19H20N2O2/c1-13-12-18(21-23-13)16-8-10-17(11-9-16)20-19(22)14(2)15-6-4-3-5-7-15/h3-11,13-14H,12H2,1-2H3,(H,20,22). The molecule has 0 saturated heterocycles. The normalized spacial score (nSPS) is 18.0. The Morgan fingerprint density at radius 3 is 2.48 bits per heavy atom. The number of nitrogens with zero attached hydrogens (tertiary/aromatic N) is 1. The van der Waals surface area contributed by atoms with E-state index in [4.69, 9.17) is 4.84 Å². The molecule has 1 amide bonds. The zero-order valence-electron chi connectivity index (χ0n) is 13.3. The van der Waals surface area contributed by atoms with Gasteiger partial charge in [-0.25, -0.2) is 0 Å². The summed E-state index contributed by atoms with van der Waals surface area (Å²) in [4.78, 5) is 17.6. The molecular formula is C19H20N2O2. The van der Waals surface area contributed by atoms with Crippen LogP contribution in [0, 0.1) is 0 Å². The second-order valence-electron chi connectivity index (χ2n) is 5.86. The third-order valence-corrected chi connectivity index (χ3v) is 4.00. The fraction of sp³-hybridized carbons (Fsp3) is 0.263. The summed E-state index contributed by atoms with van der Waals surface area (Å²) in [6.45, 7) is 3.90. The lowest BCUT2D eigenvalue weighted by Crippen LogP contribution is -2.18. The SMILES string of the molecule is CC1CC(c2ccc(NC(=O)C(C)c3ccccc3)cc2)=NO1. The molecule has 118 valence electrons. The van der Waals surface area contributed by atoms with Crippen molar-refractivity contribution >= 4 is 17.3 Å². The lowest BCUT2D eigenvalue weighted by Gasteiger charge is -2.12. The Morgan fingerprint density at radius 1 is 1.17 bits per heavy atom. The monoisotopic (exact) mass is 308 g/mol. The molecule has 0 radical (unpaired) electrons. The maximum Gasteiger partial charge on any atom is 0.231 e. The highest BCUT2D eigenvalue weighted by atomic mass is 16.6. The Morgan fingerprint density at radius 2 is 1.87 bits per heavy atom. The molecule has 1 aliphatic heterocycles. The van der Waals surface area contributed by atoms with Crippen molar-refractivity contribution in [3.63, 3.8) is 0 Å². The molecule has 4 nitrogen and oxygen atoms in total. The molecular weight excluding hydrogens is 288 g/mol.